The van der Waals surface area contributed by atoms with Gasteiger partial charge in [0.05, 0.1) is 26.5 Å². The summed E-state index contributed by atoms with van der Waals surface area (Å²) in [5, 5.41) is 3.57. The maximum Gasteiger partial charge on any atom is 0.198 e. The van der Waals surface area contributed by atoms with Crippen LogP contribution >= 0.6 is 27.5 Å². The third-order valence-electron chi connectivity index (χ3n) is 3.07. The second-order valence-electron chi connectivity index (χ2n) is 4.08. The van der Waals surface area contributed by atoms with Gasteiger partial charge < -0.3 is 19.2 Å². The van der Waals surface area contributed by atoms with E-state index in [9.17, 15) is 0 Å². The molecule has 0 bridgehead atoms. The summed E-state index contributed by atoms with van der Waals surface area (Å²) in [5.41, 5.74) is 1.79. The van der Waals surface area contributed by atoms with Crippen LogP contribution in [0.3, 0.4) is 0 Å². The van der Waals surface area contributed by atoms with Gasteiger partial charge in [0.2, 0.25) is 0 Å². The molecular weight excluding hydrogens is 346 g/mol. The highest BCUT2D eigenvalue weighted by Gasteiger charge is 2.23. The van der Waals surface area contributed by atoms with Crippen LogP contribution in [0.4, 0.5) is 0 Å². The van der Waals surface area contributed by atoms with E-state index < -0.39 is 0 Å². The molecule has 2 rings (SSSR count). The average molecular weight is 361 g/mol. The fourth-order valence-corrected chi connectivity index (χ4v) is 3.04. The van der Waals surface area contributed by atoms with Crippen LogP contribution in [0.15, 0.2) is 33.4 Å². The molecule has 1 heterocycles. The normalized spacial score (nSPS) is 12.2. The average Bonchev–Trinajstić information content (AvgIpc) is 2.86. The van der Waals surface area contributed by atoms with Gasteiger partial charge in [-0.3, -0.25) is 0 Å². The summed E-state index contributed by atoms with van der Waals surface area (Å²) in [6.45, 7) is 0. The third kappa shape index (κ3) is 2.66. The quantitative estimate of drug-likeness (QED) is 0.874. The monoisotopic (exact) mass is 359 g/mol. The summed E-state index contributed by atoms with van der Waals surface area (Å²) in [5.74, 6) is 1.40. The highest BCUT2D eigenvalue weighted by Crippen LogP contribution is 2.42. The highest BCUT2D eigenvalue weighted by atomic mass is 79.9. The van der Waals surface area contributed by atoms with Crippen LogP contribution < -0.4 is 14.8 Å². The van der Waals surface area contributed by atoms with Crippen molar-refractivity contribution in [3.8, 4) is 11.5 Å². The van der Waals surface area contributed by atoms with Crippen molar-refractivity contribution in [2.24, 2.45) is 0 Å². The molecule has 0 amide bonds. The Bertz CT molecular complexity index is 600. The predicted molar refractivity (Wildman–Crippen MR) is 81.9 cm³/mol. The molecule has 0 aliphatic rings. The van der Waals surface area contributed by atoms with Gasteiger partial charge in [-0.05, 0) is 52.8 Å². The number of methoxy groups -OCH3 is 2. The van der Waals surface area contributed by atoms with Crippen molar-refractivity contribution in [2.45, 2.75) is 6.04 Å². The van der Waals surface area contributed by atoms with E-state index in [2.05, 4.69) is 21.2 Å². The van der Waals surface area contributed by atoms with E-state index in [1.807, 2.05) is 25.2 Å². The van der Waals surface area contributed by atoms with Gasteiger partial charge in [0.15, 0.2) is 5.22 Å². The minimum absolute atomic E-state index is 0.140. The molecule has 108 valence electrons. The predicted octanol–water partition coefficient (Wildman–Crippen LogP) is 4.02. The molecule has 1 unspecified atom stereocenters. The summed E-state index contributed by atoms with van der Waals surface area (Å²) < 4.78 is 16.7. The Morgan fingerprint density at radius 3 is 2.45 bits per heavy atom. The molecule has 0 aliphatic heterocycles. The van der Waals surface area contributed by atoms with Crippen molar-refractivity contribution in [1.29, 1.82) is 0 Å². The molecule has 0 saturated carbocycles. The van der Waals surface area contributed by atoms with Gasteiger partial charge in [0.25, 0.3) is 0 Å². The van der Waals surface area contributed by atoms with Gasteiger partial charge in [0.1, 0.15) is 16.0 Å². The van der Waals surface area contributed by atoms with Crippen molar-refractivity contribution in [1.82, 2.24) is 5.32 Å². The fraction of sp³-hybridized carbons (Fsp3) is 0.286. The first-order valence-corrected chi connectivity index (χ1v) is 7.11. The first-order chi connectivity index (χ1) is 9.63. The Kier molecular flexibility index (Phi) is 4.96. The molecule has 1 atom stereocenters. The summed E-state index contributed by atoms with van der Waals surface area (Å²) in [6, 6.07) is 5.51. The van der Waals surface area contributed by atoms with Gasteiger partial charge in [-0.15, -0.1) is 0 Å². The zero-order valence-corrected chi connectivity index (χ0v) is 13.7. The zero-order valence-electron chi connectivity index (χ0n) is 11.4. The first-order valence-electron chi connectivity index (χ1n) is 5.94. The largest absolute Gasteiger partial charge is 0.495 e. The Balaban J connectivity index is 2.56. The lowest BCUT2D eigenvalue weighted by atomic mass is 10.00. The van der Waals surface area contributed by atoms with Crippen LogP contribution in [-0.4, -0.2) is 21.3 Å². The summed E-state index contributed by atoms with van der Waals surface area (Å²) >= 11 is 9.57. The summed E-state index contributed by atoms with van der Waals surface area (Å²) in [4.78, 5) is 0. The molecule has 0 aliphatic carbocycles. The molecule has 0 spiro atoms. The van der Waals surface area contributed by atoms with E-state index in [0.717, 1.165) is 15.6 Å². The highest BCUT2D eigenvalue weighted by molar-refractivity contribution is 9.10. The van der Waals surface area contributed by atoms with Gasteiger partial charge in [-0.25, -0.2) is 0 Å². The van der Waals surface area contributed by atoms with E-state index >= 15 is 0 Å². The van der Waals surface area contributed by atoms with Crippen LogP contribution in [-0.2, 0) is 0 Å². The van der Waals surface area contributed by atoms with E-state index in [1.54, 1.807) is 20.5 Å². The van der Waals surface area contributed by atoms with E-state index in [4.69, 9.17) is 25.5 Å². The molecule has 6 heteroatoms. The number of nitrogens with one attached hydrogen (secondary N) is 1. The number of benzene rings is 1. The Morgan fingerprint density at radius 2 is 1.95 bits per heavy atom. The van der Waals surface area contributed by atoms with Crippen molar-refractivity contribution < 1.29 is 13.9 Å². The van der Waals surface area contributed by atoms with E-state index in [1.165, 1.54) is 0 Å². The molecule has 1 N–H and O–H groups in total. The third-order valence-corrected chi connectivity index (χ3v) is 4.13. The van der Waals surface area contributed by atoms with Gasteiger partial charge >= 0.3 is 0 Å². The molecule has 20 heavy (non-hydrogen) atoms. The number of hydrogen-bond acceptors (Lipinski definition) is 4. The Hall–Kier alpha value is -1.17. The Labute approximate surface area is 131 Å². The van der Waals surface area contributed by atoms with Crippen molar-refractivity contribution >= 4 is 27.5 Å². The standard InChI is InChI=1S/C14H15BrClNO3/c1-17-12(9-6-7-20-14(9)16)8-4-5-10(18-2)11(15)13(8)19-3/h4-7,12,17H,1-3H3. The number of ether oxygens (including phenoxy) is 2. The second kappa shape index (κ2) is 6.52. The molecule has 1 aromatic heterocycles. The van der Waals surface area contributed by atoms with Crippen molar-refractivity contribution in [2.75, 3.05) is 21.3 Å². The lowest BCUT2D eigenvalue weighted by molar-refractivity contribution is 0.383. The minimum Gasteiger partial charge on any atom is -0.495 e. The number of hydrogen-bond donors (Lipinski definition) is 1. The van der Waals surface area contributed by atoms with Crippen LogP contribution in [0.5, 0.6) is 11.5 Å². The number of rotatable bonds is 5. The summed E-state index contributed by atoms with van der Waals surface area (Å²) in [7, 11) is 5.08. The molecule has 4 nitrogen and oxygen atoms in total. The van der Waals surface area contributed by atoms with Gasteiger partial charge in [-0.2, -0.15) is 0 Å². The maximum atomic E-state index is 6.07. The molecule has 2 aromatic rings. The molecule has 0 radical (unpaired) electrons. The molecule has 0 fully saturated rings. The van der Waals surface area contributed by atoms with Crippen molar-refractivity contribution in [3.05, 3.63) is 45.3 Å². The molecule has 1 aromatic carbocycles. The van der Waals surface area contributed by atoms with Crippen LogP contribution in [0, 0.1) is 0 Å². The Morgan fingerprint density at radius 1 is 1.20 bits per heavy atom. The van der Waals surface area contributed by atoms with Gasteiger partial charge in [0, 0.05) is 11.1 Å². The maximum absolute atomic E-state index is 6.07. The SMILES string of the molecule is CNC(c1ccoc1Cl)c1ccc(OC)c(Br)c1OC. The van der Waals surface area contributed by atoms with Crippen LogP contribution in [0.2, 0.25) is 5.22 Å². The van der Waals surface area contributed by atoms with E-state index in [-0.39, 0.29) is 6.04 Å². The summed E-state index contributed by atoms with van der Waals surface area (Å²) in [6.07, 6.45) is 1.56. The minimum atomic E-state index is -0.140. The molecular formula is C14H15BrClNO3. The smallest absolute Gasteiger partial charge is 0.198 e. The second-order valence-corrected chi connectivity index (χ2v) is 5.21. The first kappa shape index (κ1) is 15.2. The van der Waals surface area contributed by atoms with Gasteiger partial charge in [-0.1, -0.05) is 0 Å². The fourth-order valence-electron chi connectivity index (χ4n) is 2.13. The lowest BCUT2D eigenvalue weighted by Crippen LogP contribution is -2.18. The van der Waals surface area contributed by atoms with Crippen LogP contribution in [0.25, 0.3) is 0 Å². The zero-order chi connectivity index (χ0) is 14.7. The van der Waals surface area contributed by atoms with Crippen molar-refractivity contribution in [3.63, 3.8) is 0 Å². The lowest BCUT2D eigenvalue weighted by Gasteiger charge is -2.20. The number of furan rings is 1. The van der Waals surface area contributed by atoms with Crippen LogP contribution in [0.1, 0.15) is 17.2 Å². The number of halogens is 2. The molecule has 0 saturated heterocycles. The topological polar surface area (TPSA) is 43.6 Å². The van der Waals surface area contributed by atoms with E-state index in [0.29, 0.717) is 16.7 Å².